The van der Waals surface area contributed by atoms with E-state index in [0.717, 1.165) is 22.7 Å². The average Bonchev–Trinajstić information content (AvgIpc) is 3.31. The molecule has 0 aliphatic heterocycles. The summed E-state index contributed by atoms with van der Waals surface area (Å²) in [4.78, 5) is 11.5. The summed E-state index contributed by atoms with van der Waals surface area (Å²) in [5.41, 5.74) is 0.233. The number of sulfonamides is 1. The van der Waals surface area contributed by atoms with Crippen molar-refractivity contribution >= 4 is 27.3 Å². The number of carboxylic acids is 1. The van der Waals surface area contributed by atoms with Gasteiger partial charge in [-0.1, -0.05) is 18.2 Å². The third-order valence-corrected chi connectivity index (χ3v) is 7.13. The molecule has 38 heavy (non-hydrogen) atoms. The Balaban J connectivity index is 1.85. The molecule has 3 aromatic rings. The summed E-state index contributed by atoms with van der Waals surface area (Å²) in [5.74, 6) is -1.60. The molecule has 0 unspecified atom stereocenters. The highest BCUT2D eigenvalue weighted by Gasteiger charge is 2.34. The molecule has 0 saturated carbocycles. The number of benzene rings is 3. The van der Waals surface area contributed by atoms with Gasteiger partial charge in [-0.25, -0.2) is 21.9 Å². The van der Waals surface area contributed by atoms with Crippen LogP contribution in [0.2, 0.25) is 0 Å². The van der Waals surface area contributed by atoms with E-state index in [1.807, 2.05) is 0 Å². The highest BCUT2D eigenvalue weighted by atomic mass is 32.2. The topological polar surface area (TPSA) is 83.9 Å². The first-order valence-electron chi connectivity index (χ1n) is 11.5. The van der Waals surface area contributed by atoms with Crippen molar-refractivity contribution in [3.63, 3.8) is 0 Å². The van der Waals surface area contributed by atoms with Crippen molar-refractivity contribution in [1.82, 2.24) is 0 Å². The number of hydrogen-bond acceptors (Lipinski definition) is 4. The molecule has 4 rings (SSSR count). The Bertz CT molecular complexity index is 1500. The van der Waals surface area contributed by atoms with Crippen molar-refractivity contribution in [2.24, 2.45) is 0 Å². The molecule has 1 aliphatic rings. The predicted molar refractivity (Wildman–Crippen MR) is 134 cm³/mol. The molecule has 0 radical (unpaired) electrons. The summed E-state index contributed by atoms with van der Waals surface area (Å²) in [6, 6.07) is 13.8. The van der Waals surface area contributed by atoms with Gasteiger partial charge in [0.1, 0.15) is 18.2 Å². The van der Waals surface area contributed by atoms with Gasteiger partial charge >= 0.3 is 12.1 Å². The summed E-state index contributed by atoms with van der Waals surface area (Å²) in [6.45, 7) is -0.0578. The van der Waals surface area contributed by atoms with Gasteiger partial charge in [0.25, 0.3) is 0 Å². The van der Waals surface area contributed by atoms with Crippen LogP contribution in [0.15, 0.2) is 72.4 Å². The first-order chi connectivity index (χ1) is 17.8. The number of allylic oxidation sites excluding steroid dienone is 2. The van der Waals surface area contributed by atoms with E-state index in [4.69, 9.17) is 4.74 Å². The summed E-state index contributed by atoms with van der Waals surface area (Å²) >= 11 is 0. The number of rotatable bonds is 8. The molecule has 0 saturated heterocycles. The van der Waals surface area contributed by atoms with E-state index in [-0.39, 0.29) is 47.7 Å². The molecule has 0 spiro atoms. The molecule has 0 bridgehead atoms. The van der Waals surface area contributed by atoms with Gasteiger partial charge in [-0.05, 0) is 78.9 Å². The molecular weight excluding hydrogens is 526 g/mol. The van der Waals surface area contributed by atoms with Gasteiger partial charge in [-0.15, -0.1) is 0 Å². The van der Waals surface area contributed by atoms with Crippen LogP contribution >= 0.6 is 0 Å². The van der Waals surface area contributed by atoms with Crippen molar-refractivity contribution in [3.8, 4) is 5.75 Å². The van der Waals surface area contributed by atoms with Crippen LogP contribution in [-0.4, -0.2) is 25.7 Å². The van der Waals surface area contributed by atoms with Gasteiger partial charge in [-0.2, -0.15) is 13.2 Å². The number of aromatic carboxylic acids is 1. The smallest absolute Gasteiger partial charge is 0.416 e. The Morgan fingerprint density at radius 1 is 1.03 bits per heavy atom. The molecule has 3 aromatic carbocycles. The lowest BCUT2D eigenvalue weighted by molar-refractivity contribution is -0.137. The number of halogens is 4. The SMILES string of the molecule is CS(=O)(=O)N(C1=C(c2cc(C(F)(F)F)ccc2OCc2ccc(F)cc2)CCC1)c1cccc(C(=O)O)c1. The molecule has 0 fully saturated rings. The zero-order valence-corrected chi connectivity index (χ0v) is 20.9. The van der Waals surface area contributed by atoms with E-state index in [0.29, 0.717) is 17.6 Å². The zero-order valence-electron chi connectivity index (χ0n) is 20.1. The number of alkyl halides is 3. The van der Waals surface area contributed by atoms with Crippen LogP contribution in [0.4, 0.5) is 23.2 Å². The summed E-state index contributed by atoms with van der Waals surface area (Å²) < 4.78 is 86.9. The normalized spacial score (nSPS) is 14.0. The fraction of sp³-hybridized carbons (Fsp3) is 0.222. The molecule has 0 amide bonds. The Labute approximate surface area is 216 Å². The Morgan fingerprint density at radius 2 is 1.74 bits per heavy atom. The molecule has 200 valence electrons. The first-order valence-corrected chi connectivity index (χ1v) is 13.3. The van der Waals surface area contributed by atoms with Gasteiger partial charge in [0.05, 0.1) is 23.1 Å². The number of anilines is 1. The monoisotopic (exact) mass is 549 g/mol. The summed E-state index contributed by atoms with van der Waals surface area (Å²) in [7, 11) is -4.01. The Morgan fingerprint density at radius 3 is 2.37 bits per heavy atom. The minimum atomic E-state index is -4.66. The molecule has 0 atom stereocenters. The predicted octanol–water partition coefficient (Wildman–Crippen LogP) is 6.48. The van der Waals surface area contributed by atoms with E-state index in [1.54, 1.807) is 0 Å². The van der Waals surface area contributed by atoms with Crippen LogP contribution in [0.3, 0.4) is 0 Å². The minimum absolute atomic E-state index is 0.0578. The Kier molecular flexibility index (Phi) is 7.50. The average molecular weight is 550 g/mol. The third kappa shape index (κ3) is 5.99. The van der Waals surface area contributed by atoms with Gasteiger partial charge in [0, 0.05) is 11.3 Å². The van der Waals surface area contributed by atoms with Crippen molar-refractivity contribution in [3.05, 3.63) is 100 Å². The maximum atomic E-state index is 13.7. The molecule has 0 heterocycles. The van der Waals surface area contributed by atoms with Crippen LogP contribution in [0.25, 0.3) is 5.57 Å². The lowest BCUT2D eigenvalue weighted by atomic mass is 10.00. The zero-order chi connectivity index (χ0) is 27.7. The third-order valence-electron chi connectivity index (χ3n) is 6.03. The quantitative estimate of drug-likeness (QED) is 0.325. The molecule has 1 N–H and O–H groups in total. The van der Waals surface area contributed by atoms with E-state index >= 15 is 0 Å². The maximum Gasteiger partial charge on any atom is 0.416 e. The van der Waals surface area contributed by atoms with Crippen molar-refractivity contribution in [2.45, 2.75) is 32.0 Å². The van der Waals surface area contributed by atoms with Gasteiger partial charge in [0.15, 0.2) is 0 Å². The fourth-order valence-corrected chi connectivity index (χ4v) is 5.46. The maximum absolute atomic E-state index is 13.7. The number of carbonyl (C=O) groups is 1. The Hall–Kier alpha value is -3.86. The number of nitrogens with zero attached hydrogens (tertiary/aromatic N) is 1. The van der Waals surface area contributed by atoms with Crippen LogP contribution in [0.1, 0.15) is 46.3 Å². The number of ether oxygens (including phenoxy) is 1. The largest absolute Gasteiger partial charge is 0.488 e. The molecule has 0 aromatic heterocycles. The van der Waals surface area contributed by atoms with Gasteiger partial charge < -0.3 is 9.84 Å². The van der Waals surface area contributed by atoms with Crippen molar-refractivity contribution < 1.29 is 40.6 Å². The fourth-order valence-electron chi connectivity index (χ4n) is 4.36. The van der Waals surface area contributed by atoms with Crippen molar-refractivity contribution in [2.75, 3.05) is 10.6 Å². The standard InChI is InChI=1S/C27H23F4NO5S/c1-38(35,36)32(21-5-2-4-18(14-21)26(33)34)24-7-3-6-22(24)23-15-19(27(29,30)31)10-13-25(23)37-16-17-8-11-20(28)12-9-17/h2,4-5,8-15H,3,6-7,16H2,1H3,(H,33,34). The van der Waals surface area contributed by atoms with E-state index in [1.165, 1.54) is 54.6 Å². The van der Waals surface area contributed by atoms with Crippen LogP contribution < -0.4 is 9.04 Å². The summed E-state index contributed by atoms with van der Waals surface area (Å²) in [6.07, 6.45) is -2.75. The number of hydrogen-bond donors (Lipinski definition) is 1. The minimum Gasteiger partial charge on any atom is -0.488 e. The second kappa shape index (κ2) is 10.5. The second-order valence-electron chi connectivity index (χ2n) is 8.79. The molecule has 6 nitrogen and oxygen atoms in total. The lowest BCUT2D eigenvalue weighted by Crippen LogP contribution is -2.29. The van der Waals surface area contributed by atoms with Crippen LogP contribution in [0, 0.1) is 5.82 Å². The highest BCUT2D eigenvalue weighted by molar-refractivity contribution is 7.92. The highest BCUT2D eigenvalue weighted by Crippen LogP contribution is 2.44. The van der Waals surface area contributed by atoms with Gasteiger partial charge in [0.2, 0.25) is 10.0 Å². The molecule has 1 aliphatic carbocycles. The van der Waals surface area contributed by atoms with Crippen molar-refractivity contribution in [1.29, 1.82) is 0 Å². The lowest BCUT2D eigenvalue weighted by Gasteiger charge is -2.26. The van der Waals surface area contributed by atoms with Crippen LogP contribution in [-0.2, 0) is 22.8 Å². The number of carboxylic acid groups (broad SMARTS) is 1. The second-order valence-corrected chi connectivity index (χ2v) is 10.6. The van der Waals surface area contributed by atoms with Gasteiger partial charge in [-0.3, -0.25) is 0 Å². The molecular formula is C27H23F4NO5S. The first kappa shape index (κ1) is 27.2. The molecule has 11 heteroatoms. The summed E-state index contributed by atoms with van der Waals surface area (Å²) in [5, 5.41) is 9.38. The van der Waals surface area contributed by atoms with E-state index in [2.05, 4.69) is 0 Å². The van der Waals surface area contributed by atoms with E-state index < -0.39 is 33.5 Å². The van der Waals surface area contributed by atoms with E-state index in [9.17, 15) is 35.9 Å². The van der Waals surface area contributed by atoms with Crippen LogP contribution in [0.5, 0.6) is 5.75 Å².